The van der Waals surface area contributed by atoms with Crippen molar-refractivity contribution < 1.29 is 0 Å². The zero-order chi connectivity index (χ0) is 7.84. The number of aromatic amines is 1. The van der Waals surface area contributed by atoms with E-state index in [9.17, 15) is 4.79 Å². The van der Waals surface area contributed by atoms with Crippen LogP contribution in [0.2, 0.25) is 0 Å². The first-order valence-electron chi connectivity index (χ1n) is 3.04. The predicted octanol–water partition coefficient (Wildman–Crippen LogP) is 2.35. The van der Waals surface area contributed by atoms with Crippen LogP contribution < -0.4 is 5.56 Å². The molecule has 0 unspecified atom stereocenters. The first kappa shape index (κ1) is 7.06. The van der Waals surface area contributed by atoms with Gasteiger partial charge in [-0.15, -0.1) is 0 Å². The second-order valence-corrected chi connectivity index (χ2v) is 3.94. The lowest BCUT2D eigenvalue weighted by Crippen LogP contribution is -1.95. The van der Waals surface area contributed by atoms with Crippen LogP contribution in [0.15, 0.2) is 27.5 Å². The fraction of sp³-hybridized carbons (Fsp3) is 0. The smallest absolute Gasteiger partial charge is 0.265 e. The van der Waals surface area contributed by atoms with E-state index in [1.807, 2.05) is 18.2 Å². The molecule has 0 fully saturated rings. The maximum Gasteiger partial charge on any atom is 0.265 e. The molecule has 0 atom stereocenters. The molecule has 56 valence electrons. The summed E-state index contributed by atoms with van der Waals surface area (Å²) >= 11 is 4.67. The number of hydrogen-bond acceptors (Lipinski definition) is 2. The third-order valence-corrected chi connectivity index (χ3v) is 2.80. The van der Waals surface area contributed by atoms with Gasteiger partial charge in [-0.25, -0.2) is 0 Å². The quantitative estimate of drug-likeness (QED) is 0.740. The standard InChI is InChI=1S/C7H4BrNOS/c8-4-1-2-6-5(3-4)7(10)9-11-6/h1-3H,(H,9,10). The summed E-state index contributed by atoms with van der Waals surface area (Å²) in [4.78, 5) is 11.1. The van der Waals surface area contributed by atoms with Gasteiger partial charge in [0.05, 0.1) is 10.1 Å². The lowest BCUT2D eigenvalue weighted by Gasteiger charge is -1.86. The Balaban J connectivity index is 2.99. The topological polar surface area (TPSA) is 32.9 Å². The molecule has 2 nitrogen and oxygen atoms in total. The van der Waals surface area contributed by atoms with E-state index in [0.29, 0.717) is 0 Å². The first-order valence-corrected chi connectivity index (χ1v) is 4.65. The van der Waals surface area contributed by atoms with E-state index < -0.39 is 0 Å². The second kappa shape index (κ2) is 2.46. The van der Waals surface area contributed by atoms with Crippen molar-refractivity contribution in [2.75, 3.05) is 0 Å². The van der Waals surface area contributed by atoms with Gasteiger partial charge in [0.25, 0.3) is 5.56 Å². The number of H-pyrrole nitrogens is 1. The van der Waals surface area contributed by atoms with Gasteiger partial charge in [0.2, 0.25) is 0 Å². The Morgan fingerprint density at radius 2 is 2.27 bits per heavy atom. The van der Waals surface area contributed by atoms with Crippen molar-refractivity contribution >= 4 is 37.5 Å². The van der Waals surface area contributed by atoms with Gasteiger partial charge in [0.1, 0.15) is 0 Å². The van der Waals surface area contributed by atoms with Gasteiger partial charge in [0.15, 0.2) is 0 Å². The molecule has 0 radical (unpaired) electrons. The average molecular weight is 230 g/mol. The SMILES string of the molecule is O=c1[nH]sc2ccc(Br)cc12. The van der Waals surface area contributed by atoms with E-state index >= 15 is 0 Å². The second-order valence-electron chi connectivity index (χ2n) is 2.17. The molecule has 4 heteroatoms. The van der Waals surface area contributed by atoms with E-state index in [-0.39, 0.29) is 5.56 Å². The third kappa shape index (κ3) is 1.12. The van der Waals surface area contributed by atoms with E-state index in [0.717, 1.165) is 14.6 Å². The summed E-state index contributed by atoms with van der Waals surface area (Å²) in [5, 5.41) is 0.754. The summed E-state index contributed by atoms with van der Waals surface area (Å²) in [6.45, 7) is 0. The van der Waals surface area contributed by atoms with Crippen LogP contribution in [0, 0.1) is 0 Å². The maximum atomic E-state index is 11.1. The minimum absolute atomic E-state index is 0.00806. The number of hydrogen-bond donors (Lipinski definition) is 1. The van der Waals surface area contributed by atoms with Crippen LogP contribution in [-0.4, -0.2) is 4.37 Å². The number of benzene rings is 1. The van der Waals surface area contributed by atoms with Crippen LogP contribution in [-0.2, 0) is 0 Å². The molecule has 1 aromatic carbocycles. The number of halogens is 1. The van der Waals surface area contributed by atoms with Crippen LogP contribution in [0.25, 0.3) is 10.1 Å². The third-order valence-electron chi connectivity index (χ3n) is 1.44. The van der Waals surface area contributed by atoms with Crippen LogP contribution >= 0.6 is 27.5 Å². The summed E-state index contributed by atoms with van der Waals surface area (Å²) in [5.74, 6) is 0. The van der Waals surface area contributed by atoms with E-state index in [4.69, 9.17) is 0 Å². The minimum Gasteiger partial charge on any atom is -0.277 e. The Morgan fingerprint density at radius 1 is 1.45 bits per heavy atom. The molecular formula is C7H4BrNOS. The van der Waals surface area contributed by atoms with Gasteiger partial charge in [-0.1, -0.05) is 27.5 Å². The highest BCUT2D eigenvalue weighted by Crippen LogP contribution is 2.18. The van der Waals surface area contributed by atoms with E-state index in [1.54, 1.807) is 0 Å². The summed E-state index contributed by atoms with van der Waals surface area (Å²) in [5.41, 5.74) is -0.00806. The maximum absolute atomic E-state index is 11.1. The molecule has 2 aromatic rings. The van der Waals surface area contributed by atoms with Crippen LogP contribution in [0.4, 0.5) is 0 Å². The highest BCUT2D eigenvalue weighted by molar-refractivity contribution is 9.10. The lowest BCUT2D eigenvalue weighted by molar-refractivity contribution is 1.46. The van der Waals surface area contributed by atoms with Gasteiger partial charge in [0, 0.05) is 4.47 Å². The van der Waals surface area contributed by atoms with Crippen molar-refractivity contribution in [3.63, 3.8) is 0 Å². The summed E-state index contributed by atoms with van der Waals surface area (Å²) in [6.07, 6.45) is 0. The summed E-state index contributed by atoms with van der Waals surface area (Å²) in [6, 6.07) is 5.67. The Hall–Kier alpha value is -0.610. The van der Waals surface area contributed by atoms with Crippen molar-refractivity contribution in [2.45, 2.75) is 0 Å². The molecule has 1 aromatic heterocycles. The summed E-state index contributed by atoms with van der Waals surface area (Å²) in [7, 11) is 0. The zero-order valence-electron chi connectivity index (χ0n) is 5.43. The average Bonchev–Trinajstić information content (AvgIpc) is 2.33. The van der Waals surface area contributed by atoms with Crippen LogP contribution in [0.5, 0.6) is 0 Å². The summed E-state index contributed by atoms with van der Waals surface area (Å²) < 4.78 is 4.61. The van der Waals surface area contributed by atoms with Crippen molar-refractivity contribution in [1.29, 1.82) is 0 Å². The first-order chi connectivity index (χ1) is 5.27. The molecule has 11 heavy (non-hydrogen) atoms. The van der Waals surface area contributed by atoms with Crippen molar-refractivity contribution in [3.05, 3.63) is 33.0 Å². The largest absolute Gasteiger partial charge is 0.277 e. The number of fused-ring (bicyclic) bond motifs is 1. The Kier molecular flexibility index (Phi) is 1.58. The van der Waals surface area contributed by atoms with Crippen molar-refractivity contribution in [3.8, 4) is 0 Å². The molecule has 0 amide bonds. The fourth-order valence-electron chi connectivity index (χ4n) is 0.925. The van der Waals surface area contributed by atoms with Gasteiger partial charge >= 0.3 is 0 Å². The van der Waals surface area contributed by atoms with Crippen LogP contribution in [0.1, 0.15) is 0 Å². The Labute approximate surface area is 75.1 Å². The minimum atomic E-state index is -0.00806. The van der Waals surface area contributed by atoms with Crippen LogP contribution in [0.3, 0.4) is 0 Å². The number of nitrogens with one attached hydrogen (secondary N) is 1. The molecular weight excluding hydrogens is 226 g/mol. The van der Waals surface area contributed by atoms with Crippen molar-refractivity contribution in [2.24, 2.45) is 0 Å². The normalized spacial score (nSPS) is 10.6. The van der Waals surface area contributed by atoms with Gasteiger partial charge in [-0.3, -0.25) is 9.17 Å². The highest BCUT2D eigenvalue weighted by atomic mass is 79.9. The van der Waals surface area contributed by atoms with E-state index in [2.05, 4.69) is 20.3 Å². The monoisotopic (exact) mass is 229 g/mol. The molecule has 0 aliphatic rings. The van der Waals surface area contributed by atoms with Gasteiger partial charge in [-0.2, -0.15) is 0 Å². The van der Waals surface area contributed by atoms with Gasteiger partial charge < -0.3 is 0 Å². The van der Waals surface area contributed by atoms with Crippen molar-refractivity contribution in [1.82, 2.24) is 4.37 Å². The van der Waals surface area contributed by atoms with Gasteiger partial charge in [-0.05, 0) is 18.2 Å². The Bertz CT molecular complexity index is 445. The highest BCUT2D eigenvalue weighted by Gasteiger charge is 1.99. The lowest BCUT2D eigenvalue weighted by atomic mass is 10.3. The fourth-order valence-corrected chi connectivity index (χ4v) is 2.00. The molecule has 0 bridgehead atoms. The Morgan fingerprint density at radius 3 is 3.09 bits per heavy atom. The molecule has 1 N–H and O–H groups in total. The number of rotatable bonds is 0. The molecule has 2 rings (SSSR count). The molecule has 0 saturated carbocycles. The van der Waals surface area contributed by atoms with E-state index in [1.165, 1.54) is 11.5 Å². The molecule has 0 spiro atoms. The molecule has 0 saturated heterocycles. The molecule has 0 aliphatic carbocycles. The molecule has 1 heterocycles. The number of aromatic nitrogens is 1. The predicted molar refractivity (Wildman–Crippen MR) is 50.1 cm³/mol. The molecule has 0 aliphatic heterocycles. The zero-order valence-corrected chi connectivity index (χ0v) is 7.83.